The molecule has 26 heavy (non-hydrogen) atoms. The molecule has 1 unspecified atom stereocenters. The van der Waals surface area contributed by atoms with Gasteiger partial charge in [0.2, 0.25) is 0 Å². The predicted octanol–water partition coefficient (Wildman–Crippen LogP) is 4.03. The highest BCUT2D eigenvalue weighted by Gasteiger charge is 2.36. The summed E-state index contributed by atoms with van der Waals surface area (Å²) in [4.78, 5) is 8.00. The second kappa shape index (κ2) is 5.93. The molecule has 0 aliphatic heterocycles. The molecule has 0 spiro atoms. The van der Waals surface area contributed by atoms with E-state index in [1.807, 2.05) is 0 Å². The normalized spacial score (nSPS) is 13.4. The monoisotopic (exact) mass is 378 g/mol. The molecular weight excluding hydrogens is 369 g/mol. The van der Waals surface area contributed by atoms with Gasteiger partial charge in [0.25, 0.3) is 0 Å². The third kappa shape index (κ3) is 2.77. The number of alkyl halides is 3. The van der Waals surface area contributed by atoms with Gasteiger partial charge in [0.05, 0.1) is 23.0 Å². The third-order valence-electron chi connectivity index (χ3n) is 4.01. The van der Waals surface area contributed by atoms with Crippen molar-refractivity contribution in [3.05, 3.63) is 70.8 Å². The van der Waals surface area contributed by atoms with Crippen LogP contribution >= 0.6 is 11.6 Å². The number of rotatable bonds is 2. The summed E-state index contributed by atoms with van der Waals surface area (Å²) in [5.74, 6) is 0. The van der Waals surface area contributed by atoms with Gasteiger partial charge in [-0.15, -0.1) is 0 Å². The number of benzene rings is 1. The maximum absolute atomic E-state index is 13.6. The van der Waals surface area contributed by atoms with Crippen LogP contribution in [0.3, 0.4) is 0 Å². The van der Waals surface area contributed by atoms with E-state index in [0.29, 0.717) is 11.0 Å². The average molecular weight is 379 g/mol. The van der Waals surface area contributed by atoms with Crippen molar-refractivity contribution in [2.75, 3.05) is 0 Å². The summed E-state index contributed by atoms with van der Waals surface area (Å²) in [6, 6.07) is 8.50. The Kier molecular flexibility index (Phi) is 3.82. The van der Waals surface area contributed by atoms with Crippen molar-refractivity contribution in [3.8, 4) is 0 Å². The maximum atomic E-state index is 13.6. The number of aliphatic hydroxyl groups excluding tert-OH is 1. The molecule has 0 bridgehead atoms. The van der Waals surface area contributed by atoms with Crippen molar-refractivity contribution in [1.82, 2.24) is 19.6 Å². The molecule has 1 atom stereocenters. The first kappa shape index (κ1) is 16.7. The second-order valence-electron chi connectivity index (χ2n) is 5.64. The van der Waals surface area contributed by atoms with E-state index < -0.39 is 17.8 Å². The molecule has 3 heterocycles. The van der Waals surface area contributed by atoms with Crippen molar-refractivity contribution in [2.45, 2.75) is 12.3 Å². The fourth-order valence-corrected chi connectivity index (χ4v) is 2.96. The van der Waals surface area contributed by atoms with E-state index in [9.17, 15) is 18.3 Å². The topological polar surface area (TPSA) is 63.3 Å². The number of imidazole rings is 1. The minimum Gasteiger partial charge on any atom is -0.382 e. The lowest BCUT2D eigenvalue weighted by Gasteiger charge is -2.18. The molecule has 9 heteroatoms. The van der Waals surface area contributed by atoms with Gasteiger partial charge in [-0.2, -0.15) is 18.3 Å². The molecule has 4 rings (SSSR count). The van der Waals surface area contributed by atoms with Crippen LogP contribution in [-0.4, -0.2) is 24.7 Å². The highest BCUT2D eigenvalue weighted by Crippen LogP contribution is 2.38. The van der Waals surface area contributed by atoms with Gasteiger partial charge in [-0.05, 0) is 35.9 Å². The molecule has 0 saturated heterocycles. The first-order chi connectivity index (χ1) is 12.3. The van der Waals surface area contributed by atoms with Crippen molar-refractivity contribution in [1.29, 1.82) is 0 Å². The maximum Gasteiger partial charge on any atom is 0.416 e. The number of nitrogens with zero attached hydrogens (tertiary/aromatic N) is 4. The number of pyridine rings is 1. The zero-order chi connectivity index (χ0) is 18.5. The molecule has 0 saturated carbocycles. The van der Waals surface area contributed by atoms with Crippen LogP contribution in [-0.2, 0) is 6.18 Å². The van der Waals surface area contributed by atoms with E-state index in [2.05, 4.69) is 15.1 Å². The Hall–Kier alpha value is -2.71. The average Bonchev–Trinajstić information content (AvgIpc) is 3.02. The smallest absolute Gasteiger partial charge is 0.382 e. The van der Waals surface area contributed by atoms with Gasteiger partial charge in [0.15, 0.2) is 5.65 Å². The van der Waals surface area contributed by atoms with Gasteiger partial charge >= 0.3 is 6.18 Å². The molecule has 4 aromatic rings. The van der Waals surface area contributed by atoms with Gasteiger partial charge in [0.1, 0.15) is 11.3 Å². The molecule has 0 aliphatic rings. The number of aliphatic hydroxyl groups is 1. The van der Waals surface area contributed by atoms with Crippen LogP contribution in [0.15, 0.2) is 48.8 Å². The molecule has 3 aromatic heterocycles. The Morgan fingerprint density at radius 2 is 1.92 bits per heavy atom. The van der Waals surface area contributed by atoms with E-state index in [4.69, 9.17) is 11.6 Å². The lowest BCUT2D eigenvalue weighted by Crippen LogP contribution is -2.14. The second-order valence-corrected chi connectivity index (χ2v) is 6.03. The van der Waals surface area contributed by atoms with E-state index >= 15 is 0 Å². The summed E-state index contributed by atoms with van der Waals surface area (Å²) in [6.45, 7) is 0. The number of aromatic nitrogens is 4. The summed E-state index contributed by atoms with van der Waals surface area (Å²) in [5, 5.41) is 15.3. The molecule has 0 amide bonds. The summed E-state index contributed by atoms with van der Waals surface area (Å²) in [7, 11) is 0. The van der Waals surface area contributed by atoms with E-state index in [1.54, 1.807) is 18.2 Å². The molecule has 5 nitrogen and oxygen atoms in total. The number of fused-ring (bicyclic) bond motifs is 2. The van der Waals surface area contributed by atoms with Crippen LogP contribution in [0.2, 0.25) is 5.15 Å². The summed E-state index contributed by atoms with van der Waals surface area (Å²) < 4.78 is 41.9. The number of halogens is 4. The van der Waals surface area contributed by atoms with Gasteiger partial charge in [-0.1, -0.05) is 17.7 Å². The Balaban J connectivity index is 1.95. The van der Waals surface area contributed by atoms with E-state index in [0.717, 1.165) is 6.07 Å². The Morgan fingerprint density at radius 3 is 2.69 bits per heavy atom. The molecule has 1 aromatic carbocycles. The van der Waals surface area contributed by atoms with Crippen molar-refractivity contribution in [2.24, 2.45) is 0 Å². The zero-order valence-corrected chi connectivity index (χ0v) is 13.7. The molecule has 0 aliphatic carbocycles. The third-order valence-corrected chi connectivity index (χ3v) is 4.21. The lowest BCUT2D eigenvalue weighted by molar-refractivity contribution is -0.138. The highest BCUT2D eigenvalue weighted by molar-refractivity contribution is 6.29. The molecule has 0 radical (unpaired) electrons. The Labute approximate surface area is 149 Å². The van der Waals surface area contributed by atoms with Gasteiger partial charge < -0.3 is 5.11 Å². The minimum absolute atomic E-state index is 0.0799. The largest absolute Gasteiger partial charge is 0.416 e. The summed E-state index contributed by atoms with van der Waals surface area (Å²) in [5.41, 5.74) is -0.638. The van der Waals surface area contributed by atoms with Crippen molar-refractivity contribution in [3.63, 3.8) is 0 Å². The van der Waals surface area contributed by atoms with Crippen LogP contribution in [0.4, 0.5) is 13.2 Å². The first-order valence-corrected chi connectivity index (χ1v) is 7.86. The predicted molar refractivity (Wildman–Crippen MR) is 88.8 cm³/mol. The summed E-state index contributed by atoms with van der Waals surface area (Å²) >= 11 is 5.85. The molecular formula is C17H10ClF3N4O. The molecule has 0 fully saturated rings. The van der Waals surface area contributed by atoms with Crippen LogP contribution in [0.1, 0.15) is 22.9 Å². The lowest BCUT2D eigenvalue weighted by atomic mass is 9.97. The van der Waals surface area contributed by atoms with Crippen LogP contribution < -0.4 is 0 Å². The van der Waals surface area contributed by atoms with Crippen molar-refractivity contribution < 1.29 is 18.3 Å². The SMILES string of the molecule is OC(c1cc2cccnc2cc1C(F)(F)F)c1cnc2ccc(Cl)nn12. The fourth-order valence-electron chi connectivity index (χ4n) is 2.82. The molecule has 1 N–H and O–H groups in total. The van der Waals surface area contributed by atoms with Gasteiger partial charge in [-0.25, -0.2) is 9.50 Å². The zero-order valence-electron chi connectivity index (χ0n) is 12.9. The Bertz CT molecular complexity index is 1130. The van der Waals surface area contributed by atoms with Gasteiger partial charge in [-0.3, -0.25) is 4.98 Å². The van der Waals surface area contributed by atoms with Crippen LogP contribution in [0.5, 0.6) is 0 Å². The molecule has 132 valence electrons. The van der Waals surface area contributed by atoms with E-state index in [-0.39, 0.29) is 21.9 Å². The van der Waals surface area contributed by atoms with Crippen LogP contribution in [0, 0.1) is 0 Å². The van der Waals surface area contributed by atoms with Crippen molar-refractivity contribution >= 4 is 28.2 Å². The quantitative estimate of drug-likeness (QED) is 0.572. The fraction of sp³-hybridized carbons (Fsp3) is 0.118. The number of hydrogen-bond donors (Lipinski definition) is 1. The highest BCUT2D eigenvalue weighted by atomic mass is 35.5. The number of hydrogen-bond acceptors (Lipinski definition) is 4. The minimum atomic E-state index is -4.66. The summed E-state index contributed by atoms with van der Waals surface area (Å²) in [6.07, 6.45) is -3.57. The van der Waals surface area contributed by atoms with E-state index in [1.165, 1.54) is 29.0 Å². The Morgan fingerprint density at radius 1 is 1.12 bits per heavy atom. The van der Waals surface area contributed by atoms with Crippen LogP contribution in [0.25, 0.3) is 16.6 Å². The first-order valence-electron chi connectivity index (χ1n) is 7.49. The standard InChI is InChI=1S/C17H10ClF3N4O/c18-14-3-4-15-23-8-13(25(15)24-14)16(26)10-6-9-2-1-5-22-12(9)7-11(10)17(19,20)21/h1-8,16,26H. The van der Waals surface area contributed by atoms with Gasteiger partial charge in [0, 0.05) is 11.6 Å².